The predicted molar refractivity (Wildman–Crippen MR) is 93.6 cm³/mol. The van der Waals surface area contributed by atoms with Gasteiger partial charge in [0.05, 0.1) is 22.7 Å². The average Bonchev–Trinajstić information content (AvgIpc) is 3.04. The number of nitrogens with one attached hydrogen (secondary N) is 1. The Balaban J connectivity index is 1.76. The van der Waals surface area contributed by atoms with E-state index in [2.05, 4.69) is 17.5 Å². The fraction of sp³-hybridized carbons (Fsp3) is 0.211. The Morgan fingerprint density at radius 3 is 2.62 bits per heavy atom. The summed E-state index contributed by atoms with van der Waals surface area (Å²) < 4.78 is 0. The van der Waals surface area contributed by atoms with E-state index in [1.807, 2.05) is 18.2 Å². The van der Waals surface area contributed by atoms with Gasteiger partial charge in [0, 0.05) is 10.9 Å². The van der Waals surface area contributed by atoms with Crippen LogP contribution in [0.4, 0.5) is 5.69 Å². The first-order valence-electron chi connectivity index (χ1n) is 7.78. The van der Waals surface area contributed by atoms with Gasteiger partial charge in [-0.15, -0.1) is 0 Å². The summed E-state index contributed by atoms with van der Waals surface area (Å²) in [6, 6.07) is 10.6. The van der Waals surface area contributed by atoms with E-state index in [0.29, 0.717) is 16.0 Å². The standard InChI is InChI=1S/C19H15Cl2NO2/c20-12-8-15-13-2-1-3-14(13)17(22-18(15)16(21)9-12)10-4-6-11(7-5-10)19(23)24/h1-2,4-9,13-14,17,22H,3H2,(H,23,24)/p-1/t13-,14-,17+/m0/s1. The maximum atomic E-state index is 10.9. The second-order valence-corrected chi connectivity index (χ2v) is 7.08. The summed E-state index contributed by atoms with van der Waals surface area (Å²) in [5.74, 6) is -0.564. The summed E-state index contributed by atoms with van der Waals surface area (Å²) in [5, 5.41) is 15.7. The Hall–Kier alpha value is -1.97. The lowest BCUT2D eigenvalue weighted by atomic mass is 9.77. The van der Waals surface area contributed by atoms with Crippen LogP contribution in [0, 0.1) is 5.92 Å². The molecule has 0 spiro atoms. The van der Waals surface area contributed by atoms with Crippen LogP contribution in [0.3, 0.4) is 0 Å². The third-order valence-electron chi connectivity index (χ3n) is 4.89. The molecule has 0 saturated heterocycles. The normalized spacial score (nSPS) is 24.2. The summed E-state index contributed by atoms with van der Waals surface area (Å²) in [4.78, 5) is 10.9. The molecule has 1 heterocycles. The van der Waals surface area contributed by atoms with Gasteiger partial charge in [-0.3, -0.25) is 0 Å². The number of benzene rings is 2. The third-order valence-corrected chi connectivity index (χ3v) is 5.41. The van der Waals surface area contributed by atoms with Gasteiger partial charge in [-0.05, 0) is 41.2 Å². The van der Waals surface area contributed by atoms with Crippen molar-refractivity contribution in [2.24, 2.45) is 5.92 Å². The highest BCUT2D eigenvalue weighted by atomic mass is 35.5. The van der Waals surface area contributed by atoms with Gasteiger partial charge in [0.2, 0.25) is 0 Å². The Kier molecular flexibility index (Phi) is 3.78. The number of carbonyl (C=O) groups excluding carboxylic acids is 1. The zero-order chi connectivity index (χ0) is 16.8. The fourth-order valence-corrected chi connectivity index (χ4v) is 4.34. The molecule has 0 aromatic heterocycles. The van der Waals surface area contributed by atoms with Gasteiger partial charge in [-0.2, -0.15) is 0 Å². The number of fused-ring (bicyclic) bond motifs is 3. The zero-order valence-electron chi connectivity index (χ0n) is 12.6. The molecular formula is C19H14Cl2NO2-. The average molecular weight is 359 g/mol. The van der Waals surface area contributed by atoms with Crippen molar-refractivity contribution in [3.8, 4) is 0 Å². The van der Waals surface area contributed by atoms with Crippen LogP contribution in [-0.2, 0) is 0 Å². The highest BCUT2D eigenvalue weighted by Gasteiger charge is 2.38. The van der Waals surface area contributed by atoms with Crippen molar-refractivity contribution in [3.63, 3.8) is 0 Å². The molecule has 3 nitrogen and oxygen atoms in total. The lowest BCUT2D eigenvalue weighted by molar-refractivity contribution is -0.255. The molecule has 0 saturated carbocycles. The molecule has 0 amide bonds. The van der Waals surface area contributed by atoms with Crippen LogP contribution in [0.5, 0.6) is 0 Å². The van der Waals surface area contributed by atoms with E-state index in [-0.39, 0.29) is 17.5 Å². The van der Waals surface area contributed by atoms with Gasteiger partial charge in [0.1, 0.15) is 0 Å². The minimum Gasteiger partial charge on any atom is -0.545 e. The Labute approximate surface area is 149 Å². The molecule has 1 N–H and O–H groups in total. The molecule has 24 heavy (non-hydrogen) atoms. The van der Waals surface area contributed by atoms with Gasteiger partial charge in [-0.25, -0.2) is 0 Å². The molecule has 5 heteroatoms. The summed E-state index contributed by atoms with van der Waals surface area (Å²) in [5.41, 5.74) is 3.24. The predicted octanol–water partition coefficient (Wildman–Crippen LogP) is 4.18. The van der Waals surface area contributed by atoms with Crippen LogP contribution in [0.25, 0.3) is 0 Å². The quantitative estimate of drug-likeness (QED) is 0.819. The maximum Gasteiger partial charge on any atom is 0.0715 e. The molecule has 2 aliphatic rings. The number of carbonyl (C=O) groups is 1. The first-order valence-corrected chi connectivity index (χ1v) is 8.53. The van der Waals surface area contributed by atoms with E-state index < -0.39 is 5.97 Å². The molecule has 1 aliphatic heterocycles. The molecule has 122 valence electrons. The number of carboxylic acid groups (broad SMARTS) is 1. The van der Waals surface area contributed by atoms with Crippen LogP contribution < -0.4 is 10.4 Å². The lowest BCUT2D eigenvalue weighted by Crippen LogP contribution is -2.29. The summed E-state index contributed by atoms with van der Waals surface area (Å²) in [6.07, 6.45) is 5.34. The summed E-state index contributed by atoms with van der Waals surface area (Å²) >= 11 is 12.6. The second kappa shape index (κ2) is 5.83. The van der Waals surface area contributed by atoms with Crippen molar-refractivity contribution in [2.45, 2.75) is 18.4 Å². The van der Waals surface area contributed by atoms with E-state index in [1.54, 1.807) is 18.2 Å². The fourth-order valence-electron chi connectivity index (χ4n) is 3.78. The maximum absolute atomic E-state index is 10.9. The van der Waals surface area contributed by atoms with Crippen molar-refractivity contribution < 1.29 is 9.90 Å². The van der Waals surface area contributed by atoms with Crippen LogP contribution in [0.2, 0.25) is 10.0 Å². The third kappa shape index (κ3) is 2.48. The SMILES string of the molecule is O=C([O-])c1ccc([C@H]2Nc3c(Cl)cc(Cl)cc3[C@H]3C=CC[C@@H]32)cc1. The Morgan fingerprint density at radius 2 is 1.92 bits per heavy atom. The first kappa shape index (κ1) is 15.6. The first-order chi connectivity index (χ1) is 11.5. The minimum atomic E-state index is -1.17. The second-order valence-electron chi connectivity index (χ2n) is 6.24. The molecule has 0 unspecified atom stereocenters. The van der Waals surface area contributed by atoms with Crippen molar-refractivity contribution in [1.82, 2.24) is 0 Å². The number of halogens is 2. The number of aromatic carboxylic acids is 1. The van der Waals surface area contributed by atoms with Gasteiger partial charge in [0.25, 0.3) is 0 Å². The molecule has 4 rings (SSSR count). The highest BCUT2D eigenvalue weighted by molar-refractivity contribution is 6.36. The molecule has 2 aromatic carbocycles. The topological polar surface area (TPSA) is 52.2 Å². The number of hydrogen-bond donors (Lipinski definition) is 1. The monoisotopic (exact) mass is 358 g/mol. The van der Waals surface area contributed by atoms with Crippen molar-refractivity contribution in [1.29, 1.82) is 0 Å². The van der Waals surface area contributed by atoms with E-state index in [1.165, 1.54) is 0 Å². The van der Waals surface area contributed by atoms with Gasteiger partial charge >= 0.3 is 0 Å². The molecule has 0 fully saturated rings. The van der Waals surface area contributed by atoms with Crippen molar-refractivity contribution in [2.75, 3.05) is 5.32 Å². The molecule has 0 radical (unpaired) electrons. The van der Waals surface area contributed by atoms with E-state index in [9.17, 15) is 9.90 Å². The number of carboxylic acids is 1. The van der Waals surface area contributed by atoms with Crippen molar-refractivity contribution in [3.05, 3.63) is 75.3 Å². The highest BCUT2D eigenvalue weighted by Crippen LogP contribution is 2.52. The van der Waals surface area contributed by atoms with Crippen LogP contribution in [-0.4, -0.2) is 5.97 Å². The number of anilines is 1. The molecule has 1 aliphatic carbocycles. The van der Waals surface area contributed by atoms with E-state index in [4.69, 9.17) is 23.2 Å². The van der Waals surface area contributed by atoms with Gasteiger partial charge < -0.3 is 15.2 Å². The number of rotatable bonds is 2. The van der Waals surface area contributed by atoms with Gasteiger partial charge in [-0.1, -0.05) is 59.6 Å². The molecule has 0 bridgehead atoms. The Bertz CT molecular complexity index is 845. The zero-order valence-corrected chi connectivity index (χ0v) is 14.1. The van der Waals surface area contributed by atoms with Crippen molar-refractivity contribution >= 4 is 34.9 Å². The molecule has 3 atom stereocenters. The largest absolute Gasteiger partial charge is 0.545 e. The lowest BCUT2D eigenvalue weighted by Gasteiger charge is -2.38. The van der Waals surface area contributed by atoms with E-state index in [0.717, 1.165) is 23.2 Å². The van der Waals surface area contributed by atoms with E-state index >= 15 is 0 Å². The number of hydrogen-bond acceptors (Lipinski definition) is 3. The summed E-state index contributed by atoms with van der Waals surface area (Å²) in [6.45, 7) is 0. The summed E-state index contributed by atoms with van der Waals surface area (Å²) in [7, 11) is 0. The van der Waals surface area contributed by atoms with Crippen LogP contribution in [0.15, 0.2) is 48.6 Å². The molecular weight excluding hydrogens is 345 g/mol. The van der Waals surface area contributed by atoms with Gasteiger partial charge in [0.15, 0.2) is 0 Å². The Morgan fingerprint density at radius 1 is 1.17 bits per heavy atom. The van der Waals surface area contributed by atoms with Crippen LogP contribution in [0.1, 0.15) is 39.9 Å². The minimum absolute atomic E-state index is 0.0620. The molecule has 2 aromatic rings. The number of allylic oxidation sites excluding steroid dienone is 2. The van der Waals surface area contributed by atoms with Crippen LogP contribution >= 0.6 is 23.2 Å². The smallest absolute Gasteiger partial charge is 0.0715 e.